The summed E-state index contributed by atoms with van der Waals surface area (Å²) in [7, 11) is 1.66. The van der Waals surface area contributed by atoms with Crippen LogP contribution in [0.3, 0.4) is 0 Å². The number of hydrogen-bond donors (Lipinski definition) is 0. The van der Waals surface area contributed by atoms with E-state index >= 15 is 0 Å². The number of nitrogens with zero attached hydrogens (tertiary/aromatic N) is 3. The maximum absolute atomic E-state index is 13.6. The summed E-state index contributed by atoms with van der Waals surface area (Å²) in [6.45, 7) is 8.28. The van der Waals surface area contributed by atoms with Gasteiger partial charge in [0, 0.05) is 25.7 Å². The number of carbonyl (C=O) groups excluding carboxylic acids is 1. The number of ether oxygens (including phenoxy) is 2. The summed E-state index contributed by atoms with van der Waals surface area (Å²) in [5.41, 5.74) is 3.89. The third-order valence-electron chi connectivity index (χ3n) is 7.11. The molecule has 0 aromatic heterocycles. The molecule has 0 N–H and O–H groups in total. The first-order valence-electron chi connectivity index (χ1n) is 12.6. The molecular formula is C30H33N3O3. The third-order valence-corrected chi connectivity index (χ3v) is 7.11. The fourth-order valence-electron chi connectivity index (χ4n) is 5.14. The zero-order chi connectivity index (χ0) is 25.2. The lowest BCUT2D eigenvalue weighted by Gasteiger charge is -2.42. The summed E-state index contributed by atoms with van der Waals surface area (Å²) in [6.07, 6.45) is 0.781. The van der Waals surface area contributed by atoms with Crippen molar-refractivity contribution < 1.29 is 14.3 Å². The van der Waals surface area contributed by atoms with E-state index in [0.717, 1.165) is 51.9 Å². The zero-order valence-corrected chi connectivity index (χ0v) is 21.4. The Morgan fingerprint density at radius 3 is 2.61 bits per heavy atom. The Hall–Kier alpha value is -3.80. The van der Waals surface area contributed by atoms with Gasteiger partial charge in [-0.25, -0.2) is 4.99 Å². The molecule has 0 bridgehead atoms. The molecule has 2 aliphatic heterocycles. The maximum Gasteiger partial charge on any atom is 0.230 e. The Balaban J connectivity index is 1.45. The van der Waals surface area contributed by atoms with Crippen LogP contribution >= 0.6 is 0 Å². The largest absolute Gasteiger partial charge is 0.497 e. The second kappa shape index (κ2) is 10.1. The summed E-state index contributed by atoms with van der Waals surface area (Å²) in [5, 5.41) is 0. The Bertz CT molecular complexity index is 1290. The minimum absolute atomic E-state index is 0.0439. The lowest BCUT2D eigenvalue weighted by atomic mass is 9.94. The molecule has 36 heavy (non-hydrogen) atoms. The molecule has 0 saturated carbocycles. The van der Waals surface area contributed by atoms with Crippen molar-refractivity contribution in [3.63, 3.8) is 0 Å². The van der Waals surface area contributed by atoms with E-state index in [9.17, 15) is 4.79 Å². The molecule has 2 atom stereocenters. The van der Waals surface area contributed by atoms with Crippen molar-refractivity contribution in [1.82, 2.24) is 9.80 Å². The summed E-state index contributed by atoms with van der Waals surface area (Å²) in [6, 6.07) is 22.0. The van der Waals surface area contributed by atoms with Crippen molar-refractivity contribution in [3.8, 4) is 17.2 Å². The van der Waals surface area contributed by atoms with Crippen LogP contribution in [0.2, 0.25) is 0 Å². The number of aliphatic imine (C=N–C) groups is 1. The van der Waals surface area contributed by atoms with Crippen LogP contribution < -0.4 is 9.47 Å². The molecule has 6 nitrogen and oxygen atoms in total. The first kappa shape index (κ1) is 23.9. The van der Waals surface area contributed by atoms with Crippen molar-refractivity contribution in [3.05, 3.63) is 83.4 Å². The normalized spacial score (nSPS) is 17.8. The van der Waals surface area contributed by atoms with Gasteiger partial charge in [0.2, 0.25) is 5.91 Å². The molecule has 6 heteroatoms. The molecule has 3 aromatic rings. The fraction of sp³-hybridized carbons (Fsp3) is 0.333. The van der Waals surface area contributed by atoms with Crippen LogP contribution in [0, 0.1) is 6.92 Å². The Labute approximate surface area is 213 Å². The van der Waals surface area contributed by atoms with Crippen molar-refractivity contribution >= 4 is 17.4 Å². The highest BCUT2D eigenvalue weighted by molar-refractivity contribution is 6.04. The van der Waals surface area contributed by atoms with Gasteiger partial charge in [0.05, 0.1) is 18.6 Å². The molecule has 0 unspecified atom stereocenters. The number of aryl methyl sites for hydroxylation is 1. The van der Waals surface area contributed by atoms with E-state index in [4.69, 9.17) is 14.5 Å². The molecule has 2 aliphatic rings. The van der Waals surface area contributed by atoms with Crippen LogP contribution in [0.1, 0.15) is 42.9 Å². The van der Waals surface area contributed by atoms with E-state index in [1.807, 2.05) is 66.4 Å². The minimum Gasteiger partial charge on any atom is -0.497 e. The van der Waals surface area contributed by atoms with Crippen LogP contribution in [-0.4, -0.2) is 54.3 Å². The highest BCUT2D eigenvalue weighted by Gasteiger charge is 2.34. The molecule has 5 rings (SSSR count). The quantitative estimate of drug-likeness (QED) is 0.463. The number of piperazine rings is 1. The smallest absolute Gasteiger partial charge is 0.230 e. The standard InChI is InChI=1S/C30H33N3O3/c1-5-24(22-9-7-6-8-10-22)30(34)33-16-15-32(19-21(33)3)29-25-18-23(35-4)12-14-27(25)36-28-17-20(2)11-13-26(28)31-29/h6-14,17-18,21,24H,5,15-16,19H2,1-4H3/t21-,24-/m0/s1. The molecule has 0 spiro atoms. The first-order chi connectivity index (χ1) is 17.5. The molecule has 1 fully saturated rings. The number of rotatable bonds is 4. The van der Waals surface area contributed by atoms with Crippen molar-refractivity contribution in [2.75, 3.05) is 26.7 Å². The Morgan fingerprint density at radius 2 is 1.89 bits per heavy atom. The van der Waals surface area contributed by atoms with Gasteiger partial charge >= 0.3 is 0 Å². The van der Waals surface area contributed by atoms with Crippen LogP contribution in [0.5, 0.6) is 17.2 Å². The van der Waals surface area contributed by atoms with Gasteiger partial charge in [-0.2, -0.15) is 0 Å². The van der Waals surface area contributed by atoms with Crippen LogP contribution in [0.15, 0.2) is 71.7 Å². The lowest BCUT2D eigenvalue weighted by Crippen LogP contribution is -2.56. The molecule has 186 valence electrons. The van der Waals surface area contributed by atoms with Gasteiger partial charge in [-0.1, -0.05) is 43.3 Å². The third kappa shape index (κ3) is 4.55. The van der Waals surface area contributed by atoms with Crippen LogP contribution in [0.4, 0.5) is 5.69 Å². The highest BCUT2D eigenvalue weighted by Crippen LogP contribution is 2.40. The van der Waals surface area contributed by atoms with Crippen LogP contribution in [-0.2, 0) is 4.79 Å². The Morgan fingerprint density at radius 1 is 1.08 bits per heavy atom. The molecule has 3 aromatic carbocycles. The van der Waals surface area contributed by atoms with Crippen molar-refractivity contribution in [2.45, 2.75) is 39.2 Å². The Kier molecular flexibility index (Phi) is 6.68. The van der Waals surface area contributed by atoms with Crippen molar-refractivity contribution in [2.24, 2.45) is 4.99 Å². The van der Waals surface area contributed by atoms with E-state index in [2.05, 4.69) is 30.9 Å². The van der Waals surface area contributed by atoms with E-state index in [-0.39, 0.29) is 17.9 Å². The number of fused-ring (bicyclic) bond motifs is 2. The van der Waals surface area contributed by atoms with E-state index in [0.29, 0.717) is 19.6 Å². The minimum atomic E-state index is -0.121. The number of carbonyl (C=O) groups is 1. The first-order valence-corrected chi connectivity index (χ1v) is 12.6. The average molecular weight is 484 g/mol. The number of amidine groups is 1. The fourth-order valence-corrected chi connectivity index (χ4v) is 5.14. The molecule has 1 amide bonds. The summed E-state index contributed by atoms with van der Waals surface area (Å²) in [4.78, 5) is 23.0. The lowest BCUT2D eigenvalue weighted by molar-refractivity contribution is -0.136. The van der Waals surface area contributed by atoms with Crippen LogP contribution in [0.25, 0.3) is 0 Å². The van der Waals surface area contributed by atoms with Gasteiger partial charge in [-0.15, -0.1) is 0 Å². The molecule has 1 saturated heterocycles. The summed E-state index contributed by atoms with van der Waals surface area (Å²) < 4.78 is 11.8. The number of benzene rings is 3. The highest BCUT2D eigenvalue weighted by atomic mass is 16.5. The van der Waals surface area contributed by atoms with Gasteiger partial charge in [0.1, 0.15) is 23.0 Å². The molecular weight excluding hydrogens is 450 g/mol. The predicted octanol–water partition coefficient (Wildman–Crippen LogP) is 5.91. The topological polar surface area (TPSA) is 54.4 Å². The van der Waals surface area contributed by atoms with Gasteiger partial charge in [0.25, 0.3) is 0 Å². The predicted molar refractivity (Wildman–Crippen MR) is 143 cm³/mol. The van der Waals surface area contributed by atoms with E-state index in [1.54, 1.807) is 7.11 Å². The number of methoxy groups -OCH3 is 1. The van der Waals surface area contributed by atoms with Gasteiger partial charge in [0.15, 0.2) is 5.75 Å². The monoisotopic (exact) mass is 483 g/mol. The number of amides is 1. The zero-order valence-electron chi connectivity index (χ0n) is 21.4. The van der Waals surface area contributed by atoms with Gasteiger partial charge < -0.3 is 19.3 Å². The molecule has 0 aliphatic carbocycles. The second-order valence-electron chi connectivity index (χ2n) is 9.57. The summed E-state index contributed by atoms with van der Waals surface area (Å²) in [5.74, 6) is 3.17. The summed E-state index contributed by atoms with van der Waals surface area (Å²) >= 11 is 0. The van der Waals surface area contributed by atoms with Crippen molar-refractivity contribution in [1.29, 1.82) is 0 Å². The second-order valence-corrected chi connectivity index (χ2v) is 9.57. The van der Waals surface area contributed by atoms with E-state index < -0.39 is 0 Å². The average Bonchev–Trinajstić information content (AvgIpc) is 3.05. The van der Waals surface area contributed by atoms with E-state index in [1.165, 1.54) is 0 Å². The maximum atomic E-state index is 13.6. The molecule has 0 radical (unpaired) electrons. The number of hydrogen-bond acceptors (Lipinski definition) is 5. The molecule has 2 heterocycles. The van der Waals surface area contributed by atoms with Gasteiger partial charge in [-0.05, 0) is 61.7 Å². The SMILES string of the molecule is CC[C@H](C(=O)N1CCN(C2=Nc3ccc(C)cc3Oc3ccc(OC)cc32)C[C@@H]1C)c1ccccc1. The van der Waals surface area contributed by atoms with Gasteiger partial charge in [-0.3, -0.25) is 4.79 Å².